The van der Waals surface area contributed by atoms with Crippen molar-refractivity contribution in [1.82, 2.24) is 4.90 Å². The molecule has 0 amide bonds. The number of esters is 1. The first-order valence-electron chi connectivity index (χ1n) is 6.04. The molecule has 0 atom stereocenters. The number of rotatable bonds is 9. The van der Waals surface area contributed by atoms with Crippen LogP contribution in [-0.4, -0.2) is 37.6 Å². The zero-order chi connectivity index (χ0) is 11.5. The van der Waals surface area contributed by atoms with Crippen LogP contribution in [0, 0.1) is 0 Å². The Morgan fingerprint density at radius 2 is 1.87 bits per heavy atom. The zero-order valence-electron chi connectivity index (χ0n) is 10.4. The Morgan fingerprint density at radius 1 is 1.13 bits per heavy atom. The molecule has 3 heteroatoms. The molecular formula is C12H25NO2. The lowest BCUT2D eigenvalue weighted by Crippen LogP contribution is -2.23. The van der Waals surface area contributed by atoms with Crippen LogP contribution in [0.5, 0.6) is 0 Å². The van der Waals surface area contributed by atoms with Crippen molar-refractivity contribution in [3.8, 4) is 0 Å². The number of carbonyl (C=O) groups excluding carboxylic acids is 1. The second-order valence-electron chi connectivity index (χ2n) is 3.92. The van der Waals surface area contributed by atoms with E-state index >= 15 is 0 Å². The van der Waals surface area contributed by atoms with Gasteiger partial charge >= 0.3 is 5.97 Å². The number of hydrogen-bond acceptors (Lipinski definition) is 3. The summed E-state index contributed by atoms with van der Waals surface area (Å²) in [5.41, 5.74) is 0. The average Bonchev–Trinajstić information content (AvgIpc) is 2.22. The van der Waals surface area contributed by atoms with Crippen molar-refractivity contribution in [3.05, 3.63) is 0 Å². The minimum Gasteiger partial charge on any atom is -0.466 e. The fourth-order valence-electron chi connectivity index (χ4n) is 1.44. The molecule has 0 spiro atoms. The first-order valence-corrected chi connectivity index (χ1v) is 6.04. The van der Waals surface area contributed by atoms with Crippen LogP contribution in [0.1, 0.15) is 46.0 Å². The van der Waals surface area contributed by atoms with Gasteiger partial charge in [-0.2, -0.15) is 0 Å². The third-order valence-electron chi connectivity index (χ3n) is 2.40. The summed E-state index contributed by atoms with van der Waals surface area (Å²) in [6.07, 6.45) is 5.61. The molecule has 0 aliphatic heterocycles. The Hall–Kier alpha value is -0.570. The van der Waals surface area contributed by atoms with Crippen molar-refractivity contribution in [2.24, 2.45) is 0 Å². The van der Waals surface area contributed by atoms with Gasteiger partial charge in [0.2, 0.25) is 0 Å². The maximum Gasteiger partial charge on any atom is 0.307 e. The molecule has 0 fully saturated rings. The van der Waals surface area contributed by atoms with Crippen LogP contribution in [0.25, 0.3) is 0 Å². The molecule has 0 N–H and O–H groups in total. The number of carbonyl (C=O) groups is 1. The molecule has 0 heterocycles. The summed E-state index contributed by atoms with van der Waals surface area (Å²) in [6.45, 7) is 6.43. The minimum atomic E-state index is -0.0853. The number of unbranched alkanes of at least 4 members (excludes halogenated alkanes) is 3. The highest BCUT2D eigenvalue weighted by Crippen LogP contribution is 2.00. The highest BCUT2D eigenvalue weighted by atomic mass is 16.5. The van der Waals surface area contributed by atoms with Crippen molar-refractivity contribution < 1.29 is 9.53 Å². The van der Waals surface area contributed by atoms with E-state index < -0.39 is 0 Å². The summed E-state index contributed by atoms with van der Waals surface area (Å²) in [7, 11) is 2.06. The van der Waals surface area contributed by atoms with Gasteiger partial charge in [-0.3, -0.25) is 4.79 Å². The van der Waals surface area contributed by atoms with Gasteiger partial charge in [-0.15, -0.1) is 0 Å². The van der Waals surface area contributed by atoms with Crippen LogP contribution in [0.4, 0.5) is 0 Å². The highest BCUT2D eigenvalue weighted by Gasteiger charge is 2.04. The molecule has 0 rings (SSSR count). The van der Waals surface area contributed by atoms with Crippen molar-refractivity contribution >= 4 is 5.97 Å². The third-order valence-corrected chi connectivity index (χ3v) is 2.40. The maximum atomic E-state index is 11.1. The molecule has 0 unspecified atom stereocenters. The van der Waals surface area contributed by atoms with Crippen LogP contribution in [0.15, 0.2) is 0 Å². The van der Waals surface area contributed by atoms with E-state index in [0.717, 1.165) is 13.1 Å². The van der Waals surface area contributed by atoms with Crippen LogP contribution >= 0.6 is 0 Å². The summed E-state index contributed by atoms with van der Waals surface area (Å²) in [4.78, 5) is 13.3. The first-order chi connectivity index (χ1) is 7.20. The Bertz CT molecular complexity index is 160. The molecule has 0 aliphatic carbocycles. The van der Waals surface area contributed by atoms with Gasteiger partial charge in [-0.1, -0.05) is 26.2 Å². The predicted octanol–water partition coefficient (Wildman–Crippen LogP) is 2.45. The quantitative estimate of drug-likeness (QED) is 0.437. The van der Waals surface area contributed by atoms with E-state index in [1.165, 1.54) is 25.7 Å². The van der Waals surface area contributed by atoms with Crippen molar-refractivity contribution in [2.75, 3.05) is 26.7 Å². The van der Waals surface area contributed by atoms with Crippen molar-refractivity contribution in [1.29, 1.82) is 0 Å². The molecule has 0 aromatic heterocycles. The zero-order valence-corrected chi connectivity index (χ0v) is 10.4. The minimum absolute atomic E-state index is 0.0853. The van der Waals surface area contributed by atoms with E-state index in [1.807, 2.05) is 6.92 Å². The standard InChI is InChI=1S/C12H25NO2/c1-4-6-7-8-10-13(3)11-9-12(14)15-5-2/h4-11H2,1-3H3. The van der Waals surface area contributed by atoms with Crippen LogP contribution < -0.4 is 0 Å². The fourth-order valence-corrected chi connectivity index (χ4v) is 1.44. The Labute approximate surface area is 93.8 Å². The van der Waals surface area contributed by atoms with E-state index in [0.29, 0.717) is 13.0 Å². The van der Waals surface area contributed by atoms with Gasteiger partial charge in [0.1, 0.15) is 0 Å². The molecule has 0 aromatic rings. The number of nitrogens with zero attached hydrogens (tertiary/aromatic N) is 1. The summed E-state index contributed by atoms with van der Waals surface area (Å²) in [6, 6.07) is 0. The largest absolute Gasteiger partial charge is 0.466 e. The summed E-state index contributed by atoms with van der Waals surface area (Å²) < 4.78 is 4.87. The van der Waals surface area contributed by atoms with Crippen LogP contribution in [0.3, 0.4) is 0 Å². The molecule has 90 valence electrons. The monoisotopic (exact) mass is 215 g/mol. The molecule has 0 bridgehead atoms. The van der Waals surface area contributed by atoms with E-state index in [-0.39, 0.29) is 5.97 Å². The normalized spacial score (nSPS) is 10.7. The predicted molar refractivity (Wildman–Crippen MR) is 62.9 cm³/mol. The highest BCUT2D eigenvalue weighted by molar-refractivity contribution is 5.69. The molecule has 15 heavy (non-hydrogen) atoms. The van der Waals surface area contributed by atoms with E-state index in [4.69, 9.17) is 4.74 Å². The van der Waals surface area contributed by atoms with Gasteiger partial charge in [-0.05, 0) is 26.9 Å². The van der Waals surface area contributed by atoms with Crippen LogP contribution in [0.2, 0.25) is 0 Å². The topological polar surface area (TPSA) is 29.5 Å². The third kappa shape index (κ3) is 9.73. The summed E-state index contributed by atoms with van der Waals surface area (Å²) in [5.74, 6) is -0.0853. The second-order valence-corrected chi connectivity index (χ2v) is 3.92. The Morgan fingerprint density at radius 3 is 2.47 bits per heavy atom. The van der Waals surface area contributed by atoms with E-state index in [2.05, 4.69) is 18.9 Å². The van der Waals surface area contributed by atoms with Gasteiger partial charge in [-0.25, -0.2) is 0 Å². The smallest absolute Gasteiger partial charge is 0.307 e. The molecule has 0 aliphatic rings. The van der Waals surface area contributed by atoms with Gasteiger partial charge in [0.25, 0.3) is 0 Å². The molecule has 0 aromatic carbocycles. The van der Waals surface area contributed by atoms with Gasteiger partial charge in [0.15, 0.2) is 0 Å². The van der Waals surface area contributed by atoms with Gasteiger partial charge in [0.05, 0.1) is 13.0 Å². The fraction of sp³-hybridized carbons (Fsp3) is 0.917. The molecule has 0 saturated heterocycles. The van der Waals surface area contributed by atoms with Gasteiger partial charge < -0.3 is 9.64 Å². The van der Waals surface area contributed by atoms with E-state index in [1.54, 1.807) is 0 Å². The maximum absolute atomic E-state index is 11.1. The molecule has 0 radical (unpaired) electrons. The Balaban J connectivity index is 3.32. The molecular weight excluding hydrogens is 190 g/mol. The second kappa shape index (κ2) is 9.97. The average molecular weight is 215 g/mol. The van der Waals surface area contributed by atoms with Gasteiger partial charge in [0, 0.05) is 6.54 Å². The summed E-state index contributed by atoms with van der Waals surface area (Å²) >= 11 is 0. The van der Waals surface area contributed by atoms with Crippen LogP contribution in [-0.2, 0) is 9.53 Å². The SMILES string of the molecule is CCCCCCN(C)CCC(=O)OCC. The summed E-state index contributed by atoms with van der Waals surface area (Å²) in [5, 5.41) is 0. The molecule has 3 nitrogen and oxygen atoms in total. The lowest BCUT2D eigenvalue weighted by atomic mass is 10.2. The first kappa shape index (κ1) is 14.4. The molecule has 0 saturated carbocycles. The van der Waals surface area contributed by atoms with E-state index in [9.17, 15) is 4.79 Å². The Kier molecular flexibility index (Phi) is 9.59. The lowest BCUT2D eigenvalue weighted by molar-refractivity contribution is -0.143. The number of ether oxygens (including phenoxy) is 1. The lowest BCUT2D eigenvalue weighted by Gasteiger charge is -2.15. The van der Waals surface area contributed by atoms with Crippen molar-refractivity contribution in [2.45, 2.75) is 46.0 Å². The number of hydrogen-bond donors (Lipinski definition) is 0. The van der Waals surface area contributed by atoms with Crippen molar-refractivity contribution in [3.63, 3.8) is 0 Å².